The lowest BCUT2D eigenvalue weighted by atomic mass is 10.1. The summed E-state index contributed by atoms with van der Waals surface area (Å²) in [6.45, 7) is 7.35. The molecule has 0 N–H and O–H groups in total. The molecule has 0 amide bonds. The normalized spacial score (nSPS) is 20.7. The second kappa shape index (κ2) is 5.33. The van der Waals surface area contributed by atoms with Crippen LogP contribution in [0.15, 0.2) is 12.4 Å². The topological polar surface area (TPSA) is 47.4 Å². The fraction of sp³-hybridized carbons (Fsp3) is 0.714. The number of ether oxygens (including phenoxy) is 1. The van der Waals surface area contributed by atoms with E-state index in [-0.39, 0.29) is 12.0 Å². The van der Waals surface area contributed by atoms with Crippen LogP contribution in [0.5, 0.6) is 0 Å². The molecule has 0 saturated carbocycles. The SMILES string of the molecule is Cn1ccnc1CN1CCC[C@H]1C(=O)OC(C)(C)C. The van der Waals surface area contributed by atoms with Crippen molar-refractivity contribution in [1.82, 2.24) is 14.5 Å². The van der Waals surface area contributed by atoms with Gasteiger partial charge in [-0.25, -0.2) is 4.98 Å². The summed E-state index contributed by atoms with van der Waals surface area (Å²) in [5, 5.41) is 0. The predicted molar refractivity (Wildman–Crippen MR) is 72.5 cm³/mol. The van der Waals surface area contributed by atoms with E-state index in [9.17, 15) is 4.79 Å². The van der Waals surface area contributed by atoms with Crippen molar-refractivity contribution in [2.45, 2.75) is 51.8 Å². The molecule has 1 saturated heterocycles. The fourth-order valence-electron chi connectivity index (χ4n) is 2.38. The van der Waals surface area contributed by atoms with Gasteiger partial charge in [0.25, 0.3) is 0 Å². The molecule has 1 atom stereocenters. The highest BCUT2D eigenvalue weighted by Gasteiger charge is 2.34. The lowest BCUT2D eigenvalue weighted by molar-refractivity contribution is -0.160. The first-order valence-electron chi connectivity index (χ1n) is 6.80. The molecular weight excluding hydrogens is 242 g/mol. The Bertz CT molecular complexity index is 448. The summed E-state index contributed by atoms with van der Waals surface area (Å²) in [4.78, 5) is 18.7. The van der Waals surface area contributed by atoms with E-state index in [1.807, 2.05) is 38.6 Å². The highest BCUT2D eigenvalue weighted by molar-refractivity contribution is 5.76. The van der Waals surface area contributed by atoms with Crippen LogP contribution in [0.3, 0.4) is 0 Å². The summed E-state index contributed by atoms with van der Waals surface area (Å²) >= 11 is 0. The van der Waals surface area contributed by atoms with Crippen molar-refractivity contribution in [2.24, 2.45) is 7.05 Å². The molecule has 5 heteroatoms. The van der Waals surface area contributed by atoms with Gasteiger partial charge in [-0.1, -0.05) is 0 Å². The first-order chi connectivity index (χ1) is 8.87. The third kappa shape index (κ3) is 3.56. The summed E-state index contributed by atoms with van der Waals surface area (Å²) < 4.78 is 7.48. The number of nitrogens with zero attached hydrogens (tertiary/aromatic N) is 3. The molecular formula is C14H23N3O2. The van der Waals surface area contributed by atoms with Crippen molar-refractivity contribution >= 4 is 5.97 Å². The second-order valence-electron chi connectivity index (χ2n) is 6.12. The summed E-state index contributed by atoms with van der Waals surface area (Å²) in [7, 11) is 1.97. The summed E-state index contributed by atoms with van der Waals surface area (Å²) in [6.07, 6.45) is 5.62. The van der Waals surface area contributed by atoms with Crippen LogP contribution in [0.4, 0.5) is 0 Å². The third-order valence-electron chi connectivity index (χ3n) is 3.31. The van der Waals surface area contributed by atoms with Gasteiger partial charge in [-0.15, -0.1) is 0 Å². The summed E-state index contributed by atoms with van der Waals surface area (Å²) in [5.74, 6) is 0.870. The number of esters is 1. The van der Waals surface area contributed by atoms with E-state index in [4.69, 9.17) is 4.74 Å². The number of carbonyl (C=O) groups is 1. The van der Waals surface area contributed by atoms with Crippen LogP contribution < -0.4 is 0 Å². The first-order valence-corrected chi connectivity index (χ1v) is 6.80. The summed E-state index contributed by atoms with van der Waals surface area (Å²) in [5.41, 5.74) is -0.422. The molecule has 106 valence electrons. The standard InChI is InChI=1S/C14H23N3O2/c1-14(2,3)19-13(18)11-6-5-8-17(11)10-12-15-7-9-16(12)4/h7,9,11H,5-6,8,10H2,1-4H3/t11-/m0/s1. The lowest BCUT2D eigenvalue weighted by Gasteiger charge is -2.27. The van der Waals surface area contributed by atoms with Gasteiger partial charge in [-0.3, -0.25) is 9.69 Å². The quantitative estimate of drug-likeness (QED) is 0.781. The van der Waals surface area contributed by atoms with Crippen LogP contribution in [-0.4, -0.2) is 38.6 Å². The van der Waals surface area contributed by atoms with Gasteiger partial charge in [-0.05, 0) is 40.2 Å². The Hall–Kier alpha value is -1.36. The molecule has 2 rings (SSSR count). The molecule has 1 aliphatic rings. The number of aromatic nitrogens is 2. The van der Waals surface area contributed by atoms with Gasteiger partial charge in [0, 0.05) is 19.4 Å². The number of aryl methyl sites for hydroxylation is 1. The maximum absolute atomic E-state index is 12.2. The Morgan fingerprint density at radius 3 is 2.84 bits per heavy atom. The van der Waals surface area contributed by atoms with Crippen LogP contribution in [0.1, 0.15) is 39.4 Å². The van der Waals surface area contributed by atoms with Crippen molar-refractivity contribution in [2.75, 3.05) is 6.54 Å². The third-order valence-corrected chi connectivity index (χ3v) is 3.31. The zero-order valence-electron chi connectivity index (χ0n) is 12.2. The van der Waals surface area contributed by atoms with Crippen LogP contribution >= 0.6 is 0 Å². The molecule has 1 aromatic rings. The molecule has 0 aromatic carbocycles. The lowest BCUT2D eigenvalue weighted by Crippen LogP contribution is -2.40. The van der Waals surface area contributed by atoms with Crippen LogP contribution in [-0.2, 0) is 23.1 Å². The van der Waals surface area contributed by atoms with Gasteiger partial charge in [0.15, 0.2) is 0 Å². The highest BCUT2D eigenvalue weighted by Crippen LogP contribution is 2.22. The Kier molecular flexibility index (Phi) is 3.94. The number of likely N-dealkylation sites (tertiary alicyclic amines) is 1. The summed E-state index contributed by atoms with van der Waals surface area (Å²) in [6, 6.07) is -0.129. The number of imidazole rings is 1. The maximum atomic E-state index is 12.2. The molecule has 1 fully saturated rings. The predicted octanol–water partition coefficient (Wildman–Crippen LogP) is 1.73. The van der Waals surface area contributed by atoms with Gasteiger partial charge in [-0.2, -0.15) is 0 Å². The molecule has 1 aromatic heterocycles. The van der Waals surface area contributed by atoms with Gasteiger partial charge >= 0.3 is 5.97 Å². The van der Waals surface area contributed by atoms with Crippen LogP contribution in [0.2, 0.25) is 0 Å². The number of carbonyl (C=O) groups excluding carboxylic acids is 1. The van der Waals surface area contributed by atoms with E-state index in [2.05, 4.69) is 9.88 Å². The van der Waals surface area contributed by atoms with Crippen molar-refractivity contribution < 1.29 is 9.53 Å². The fourth-order valence-corrected chi connectivity index (χ4v) is 2.38. The minimum absolute atomic E-state index is 0.112. The minimum atomic E-state index is -0.422. The second-order valence-corrected chi connectivity index (χ2v) is 6.12. The Morgan fingerprint density at radius 2 is 2.26 bits per heavy atom. The Labute approximate surface area is 114 Å². The molecule has 19 heavy (non-hydrogen) atoms. The van der Waals surface area contributed by atoms with E-state index in [1.165, 1.54) is 0 Å². The minimum Gasteiger partial charge on any atom is -0.459 e. The smallest absolute Gasteiger partial charge is 0.323 e. The van der Waals surface area contributed by atoms with Gasteiger partial charge < -0.3 is 9.30 Å². The van der Waals surface area contributed by atoms with Crippen molar-refractivity contribution in [3.63, 3.8) is 0 Å². The van der Waals surface area contributed by atoms with E-state index in [0.717, 1.165) is 25.2 Å². The number of hydrogen-bond donors (Lipinski definition) is 0. The zero-order chi connectivity index (χ0) is 14.0. The monoisotopic (exact) mass is 265 g/mol. The van der Waals surface area contributed by atoms with E-state index in [0.29, 0.717) is 6.54 Å². The zero-order valence-corrected chi connectivity index (χ0v) is 12.2. The largest absolute Gasteiger partial charge is 0.459 e. The van der Waals surface area contributed by atoms with Gasteiger partial charge in [0.2, 0.25) is 0 Å². The molecule has 2 heterocycles. The molecule has 0 radical (unpaired) electrons. The van der Waals surface area contributed by atoms with Crippen LogP contribution in [0, 0.1) is 0 Å². The maximum Gasteiger partial charge on any atom is 0.323 e. The van der Waals surface area contributed by atoms with E-state index >= 15 is 0 Å². The molecule has 1 aliphatic heterocycles. The van der Waals surface area contributed by atoms with E-state index < -0.39 is 5.60 Å². The van der Waals surface area contributed by atoms with Crippen LogP contribution in [0.25, 0.3) is 0 Å². The molecule has 0 bridgehead atoms. The highest BCUT2D eigenvalue weighted by atomic mass is 16.6. The average molecular weight is 265 g/mol. The Balaban J connectivity index is 2.01. The Morgan fingerprint density at radius 1 is 1.53 bits per heavy atom. The van der Waals surface area contributed by atoms with Gasteiger partial charge in [0.1, 0.15) is 17.5 Å². The van der Waals surface area contributed by atoms with Crippen molar-refractivity contribution in [1.29, 1.82) is 0 Å². The van der Waals surface area contributed by atoms with Crippen molar-refractivity contribution in [3.8, 4) is 0 Å². The van der Waals surface area contributed by atoms with E-state index in [1.54, 1.807) is 6.20 Å². The molecule has 0 unspecified atom stereocenters. The molecule has 0 aliphatic carbocycles. The number of hydrogen-bond acceptors (Lipinski definition) is 4. The van der Waals surface area contributed by atoms with Crippen molar-refractivity contribution in [3.05, 3.63) is 18.2 Å². The first kappa shape index (κ1) is 14.1. The average Bonchev–Trinajstić information content (AvgIpc) is 2.87. The molecule has 5 nitrogen and oxygen atoms in total. The number of rotatable bonds is 3. The molecule has 0 spiro atoms. The van der Waals surface area contributed by atoms with Gasteiger partial charge in [0.05, 0.1) is 6.54 Å².